The highest BCUT2D eigenvalue weighted by atomic mass is 19.1. The van der Waals surface area contributed by atoms with Crippen LogP contribution in [0.15, 0.2) is 18.2 Å². The lowest BCUT2D eigenvalue weighted by molar-refractivity contribution is 0.0902. The third-order valence-corrected chi connectivity index (χ3v) is 3.64. The highest BCUT2D eigenvalue weighted by molar-refractivity contribution is 6.05. The molecule has 0 fully saturated rings. The maximum atomic E-state index is 13.6. The monoisotopic (exact) mass is 247 g/mol. The van der Waals surface area contributed by atoms with Gasteiger partial charge in [0.25, 0.3) is 0 Å². The molecule has 1 atom stereocenters. The van der Waals surface area contributed by atoms with E-state index in [-0.39, 0.29) is 23.2 Å². The molecule has 1 aliphatic carbocycles. The molecular formula is C15H18FNO. The molecule has 1 aromatic rings. The van der Waals surface area contributed by atoms with Crippen LogP contribution in [0.1, 0.15) is 41.3 Å². The predicted octanol–water partition coefficient (Wildman–Crippen LogP) is 3.43. The lowest BCUT2D eigenvalue weighted by Gasteiger charge is -2.26. The van der Waals surface area contributed by atoms with Crippen LogP contribution in [0.25, 0.3) is 0 Å². The molecule has 0 amide bonds. The van der Waals surface area contributed by atoms with Gasteiger partial charge in [-0.05, 0) is 50.3 Å². The number of hydrogen-bond acceptors (Lipinski definition) is 2. The second kappa shape index (κ2) is 4.56. The Bertz CT molecular complexity index is 534. The molecule has 2 nitrogen and oxygen atoms in total. The van der Waals surface area contributed by atoms with Gasteiger partial charge in [-0.25, -0.2) is 4.39 Å². The summed E-state index contributed by atoms with van der Waals surface area (Å²) >= 11 is 0. The van der Waals surface area contributed by atoms with E-state index in [1.165, 1.54) is 6.07 Å². The van der Waals surface area contributed by atoms with Gasteiger partial charge in [-0.3, -0.25) is 4.79 Å². The quantitative estimate of drug-likeness (QED) is 0.642. The minimum absolute atomic E-state index is 0.0415. The zero-order valence-electron chi connectivity index (χ0n) is 10.8. The number of rotatable bonds is 2. The fraction of sp³-hybridized carbons (Fsp3) is 0.400. The maximum Gasteiger partial charge on any atom is 0.168 e. The number of ketones is 1. The summed E-state index contributed by atoms with van der Waals surface area (Å²) < 4.78 is 13.6. The summed E-state index contributed by atoms with van der Waals surface area (Å²) in [6.07, 6.45) is 2.16. The van der Waals surface area contributed by atoms with E-state index < -0.39 is 0 Å². The molecule has 1 unspecified atom stereocenters. The molecule has 2 rings (SSSR count). The smallest absolute Gasteiger partial charge is 0.168 e. The van der Waals surface area contributed by atoms with Crippen LogP contribution in [0.4, 0.5) is 10.1 Å². The number of anilines is 1. The Hall–Kier alpha value is -1.64. The Balaban J connectivity index is 2.47. The van der Waals surface area contributed by atoms with Crippen LogP contribution in [-0.4, -0.2) is 5.78 Å². The largest absolute Gasteiger partial charge is 0.398 e. The topological polar surface area (TPSA) is 43.1 Å². The first kappa shape index (κ1) is 12.8. The molecule has 0 aliphatic heterocycles. The molecule has 1 aromatic carbocycles. The molecule has 1 aliphatic rings. The summed E-state index contributed by atoms with van der Waals surface area (Å²) in [7, 11) is 0. The first-order valence-corrected chi connectivity index (χ1v) is 6.17. The van der Waals surface area contributed by atoms with Crippen molar-refractivity contribution in [2.45, 2.75) is 33.1 Å². The number of nitrogens with two attached hydrogens (primary N) is 1. The van der Waals surface area contributed by atoms with Crippen molar-refractivity contribution in [3.05, 3.63) is 40.7 Å². The molecule has 0 saturated heterocycles. The van der Waals surface area contributed by atoms with E-state index in [1.54, 1.807) is 6.92 Å². The molecule has 0 bridgehead atoms. The number of allylic oxidation sites excluding steroid dienone is 1. The number of nitrogen functional groups attached to an aromatic ring is 1. The lowest BCUT2D eigenvalue weighted by Crippen LogP contribution is -2.25. The van der Waals surface area contributed by atoms with Crippen molar-refractivity contribution >= 4 is 11.5 Å². The van der Waals surface area contributed by atoms with E-state index in [0.29, 0.717) is 24.0 Å². The summed E-state index contributed by atoms with van der Waals surface area (Å²) in [4.78, 5) is 12.4. The minimum atomic E-state index is -0.322. The standard InChI is InChI=1S/C15H18FNO/c1-8(2)6-10-4-5-11-9(3)12(16)7-13(17)14(11)15(10)18/h7,10H,1,4-6,17H2,2-3H3. The van der Waals surface area contributed by atoms with Crippen LogP contribution < -0.4 is 5.73 Å². The SMILES string of the molecule is C=C(C)CC1CCc2c(C)c(F)cc(N)c2C1=O. The first-order chi connectivity index (χ1) is 8.41. The van der Waals surface area contributed by atoms with Gasteiger partial charge in [-0.15, -0.1) is 6.58 Å². The first-order valence-electron chi connectivity index (χ1n) is 6.17. The lowest BCUT2D eigenvalue weighted by atomic mass is 9.78. The van der Waals surface area contributed by atoms with Crippen molar-refractivity contribution in [3.8, 4) is 0 Å². The molecule has 3 heteroatoms. The van der Waals surface area contributed by atoms with Gasteiger partial charge in [0.15, 0.2) is 5.78 Å². The summed E-state index contributed by atoms with van der Waals surface area (Å²) in [5.41, 5.74) is 8.95. The average Bonchev–Trinajstić information content (AvgIpc) is 2.28. The highest BCUT2D eigenvalue weighted by Crippen LogP contribution is 2.35. The van der Waals surface area contributed by atoms with E-state index in [1.807, 2.05) is 6.92 Å². The second-order valence-electron chi connectivity index (χ2n) is 5.19. The summed E-state index contributed by atoms with van der Waals surface area (Å²) in [6.45, 7) is 7.48. The number of benzene rings is 1. The van der Waals surface area contributed by atoms with Gasteiger partial charge in [0.05, 0.1) is 0 Å². The predicted molar refractivity (Wildman–Crippen MR) is 71.1 cm³/mol. The van der Waals surface area contributed by atoms with Crippen LogP contribution in [0.3, 0.4) is 0 Å². The molecule has 0 radical (unpaired) electrons. The van der Waals surface area contributed by atoms with E-state index in [4.69, 9.17) is 5.73 Å². The molecule has 18 heavy (non-hydrogen) atoms. The zero-order valence-corrected chi connectivity index (χ0v) is 10.8. The fourth-order valence-electron chi connectivity index (χ4n) is 2.70. The van der Waals surface area contributed by atoms with Gasteiger partial charge in [-0.2, -0.15) is 0 Å². The Labute approximate surface area is 107 Å². The van der Waals surface area contributed by atoms with Crippen molar-refractivity contribution in [1.82, 2.24) is 0 Å². The molecule has 0 heterocycles. The number of Topliss-reactive ketones (excluding diaryl/α,β-unsaturated/α-hetero) is 1. The third kappa shape index (κ3) is 2.05. The number of fused-ring (bicyclic) bond motifs is 1. The normalized spacial score (nSPS) is 18.6. The summed E-state index contributed by atoms with van der Waals surface area (Å²) in [5.74, 6) is -0.334. The van der Waals surface area contributed by atoms with Gasteiger partial charge >= 0.3 is 0 Å². The Morgan fingerprint density at radius 2 is 2.28 bits per heavy atom. The van der Waals surface area contributed by atoms with Crippen LogP contribution >= 0.6 is 0 Å². The number of carbonyl (C=O) groups is 1. The molecule has 0 aromatic heterocycles. The van der Waals surface area contributed by atoms with Gasteiger partial charge < -0.3 is 5.73 Å². The van der Waals surface area contributed by atoms with Crippen molar-refractivity contribution < 1.29 is 9.18 Å². The second-order valence-corrected chi connectivity index (χ2v) is 5.19. The van der Waals surface area contributed by atoms with Gasteiger partial charge in [0, 0.05) is 17.2 Å². The number of hydrogen-bond donors (Lipinski definition) is 1. The van der Waals surface area contributed by atoms with Crippen LogP contribution in [0.2, 0.25) is 0 Å². The number of halogens is 1. The number of carbonyl (C=O) groups excluding carboxylic acids is 1. The molecular weight excluding hydrogens is 229 g/mol. The molecule has 96 valence electrons. The molecule has 0 saturated carbocycles. The van der Waals surface area contributed by atoms with E-state index in [9.17, 15) is 9.18 Å². The molecule has 2 N–H and O–H groups in total. The van der Waals surface area contributed by atoms with Crippen LogP contribution in [-0.2, 0) is 6.42 Å². The van der Waals surface area contributed by atoms with Gasteiger partial charge in [0.2, 0.25) is 0 Å². The Kier molecular flexibility index (Phi) is 3.24. The summed E-state index contributed by atoms with van der Waals surface area (Å²) in [5, 5.41) is 0. The van der Waals surface area contributed by atoms with Crippen molar-refractivity contribution in [2.24, 2.45) is 5.92 Å². The average molecular weight is 247 g/mol. The highest BCUT2D eigenvalue weighted by Gasteiger charge is 2.30. The van der Waals surface area contributed by atoms with Crippen molar-refractivity contribution in [1.29, 1.82) is 0 Å². The van der Waals surface area contributed by atoms with Gasteiger partial charge in [-0.1, -0.05) is 5.57 Å². The maximum absolute atomic E-state index is 13.6. The fourth-order valence-corrected chi connectivity index (χ4v) is 2.70. The van der Waals surface area contributed by atoms with Crippen molar-refractivity contribution in [2.75, 3.05) is 5.73 Å². The summed E-state index contributed by atoms with van der Waals surface area (Å²) in [6, 6.07) is 1.26. The van der Waals surface area contributed by atoms with Crippen LogP contribution in [0.5, 0.6) is 0 Å². The minimum Gasteiger partial charge on any atom is -0.398 e. The van der Waals surface area contributed by atoms with E-state index >= 15 is 0 Å². The van der Waals surface area contributed by atoms with Crippen molar-refractivity contribution in [3.63, 3.8) is 0 Å². The van der Waals surface area contributed by atoms with E-state index in [0.717, 1.165) is 17.6 Å². The Morgan fingerprint density at radius 1 is 1.61 bits per heavy atom. The third-order valence-electron chi connectivity index (χ3n) is 3.64. The van der Waals surface area contributed by atoms with Crippen LogP contribution in [0, 0.1) is 18.7 Å². The van der Waals surface area contributed by atoms with Gasteiger partial charge in [0.1, 0.15) is 5.82 Å². The van der Waals surface area contributed by atoms with E-state index in [2.05, 4.69) is 6.58 Å². The molecule has 0 spiro atoms. The zero-order chi connectivity index (χ0) is 13.4. The Morgan fingerprint density at radius 3 is 2.89 bits per heavy atom.